The first-order valence-corrected chi connectivity index (χ1v) is 9.14. The topological polar surface area (TPSA) is 22.1 Å². The second-order valence-corrected chi connectivity index (χ2v) is 6.72. The number of methoxy groups -OCH3 is 1. The summed E-state index contributed by atoms with van der Waals surface area (Å²) in [5.74, 6) is 0.581. The van der Waals surface area contributed by atoms with Crippen molar-refractivity contribution in [3.05, 3.63) is 84.6 Å². The van der Waals surface area contributed by atoms with Crippen molar-refractivity contribution in [1.82, 2.24) is 4.98 Å². The van der Waals surface area contributed by atoms with Crippen molar-refractivity contribution in [2.45, 2.75) is 12.6 Å². The first-order chi connectivity index (χ1) is 14.0. The predicted molar refractivity (Wildman–Crippen MR) is 109 cm³/mol. The second-order valence-electron chi connectivity index (χ2n) is 6.72. The quantitative estimate of drug-likeness (QED) is 0.386. The van der Waals surface area contributed by atoms with Gasteiger partial charge < -0.3 is 4.74 Å². The summed E-state index contributed by atoms with van der Waals surface area (Å²) < 4.78 is 45.3. The Morgan fingerprint density at radius 3 is 2.00 bits per heavy atom. The Morgan fingerprint density at radius 2 is 1.41 bits per heavy atom. The predicted octanol–water partition coefficient (Wildman–Crippen LogP) is 6.68. The fourth-order valence-corrected chi connectivity index (χ4v) is 3.51. The lowest BCUT2D eigenvalue weighted by atomic mass is 9.92. The monoisotopic (exact) mass is 393 g/mol. The van der Waals surface area contributed by atoms with Crippen LogP contribution in [0.4, 0.5) is 13.2 Å². The fraction of sp³-hybridized carbons (Fsp3) is 0.125. The first kappa shape index (κ1) is 19.0. The molecule has 4 rings (SSSR count). The van der Waals surface area contributed by atoms with Crippen molar-refractivity contribution in [2.24, 2.45) is 0 Å². The molecule has 3 aromatic carbocycles. The lowest BCUT2D eigenvalue weighted by Crippen LogP contribution is -2.14. The Balaban J connectivity index is 2.12. The van der Waals surface area contributed by atoms with Gasteiger partial charge in [-0.3, -0.25) is 4.98 Å². The largest absolute Gasteiger partial charge is 0.497 e. The Hall–Kier alpha value is -3.34. The number of pyridine rings is 1. The van der Waals surface area contributed by atoms with Gasteiger partial charge in [0.2, 0.25) is 0 Å². The molecule has 5 heteroatoms. The van der Waals surface area contributed by atoms with Crippen molar-refractivity contribution >= 4 is 10.8 Å². The zero-order chi connectivity index (χ0) is 20.4. The summed E-state index contributed by atoms with van der Waals surface area (Å²) in [6.07, 6.45) is -5.45. The summed E-state index contributed by atoms with van der Waals surface area (Å²) in [6.45, 7) is 0. The molecule has 146 valence electrons. The van der Waals surface area contributed by atoms with Crippen molar-refractivity contribution in [1.29, 1.82) is 0 Å². The highest BCUT2D eigenvalue weighted by atomic mass is 19.4. The maximum Gasteiger partial charge on any atom is 0.394 e. The van der Waals surface area contributed by atoms with Crippen molar-refractivity contribution in [3.63, 3.8) is 0 Å². The number of hydrogen-bond acceptors (Lipinski definition) is 2. The highest BCUT2D eigenvalue weighted by molar-refractivity contribution is 6.04. The number of benzene rings is 3. The molecule has 0 aliphatic rings. The SMILES string of the molecule is COc1ccc2c(CC(F)(F)F)nc(-c3ccccc3)c(-c3ccccc3)c2c1. The van der Waals surface area contributed by atoms with Crippen LogP contribution in [0.2, 0.25) is 0 Å². The number of fused-ring (bicyclic) bond motifs is 1. The van der Waals surface area contributed by atoms with Crippen LogP contribution < -0.4 is 4.74 Å². The maximum absolute atomic E-state index is 13.3. The fourth-order valence-electron chi connectivity index (χ4n) is 3.51. The molecular weight excluding hydrogens is 375 g/mol. The molecular formula is C24H18F3NO. The smallest absolute Gasteiger partial charge is 0.394 e. The van der Waals surface area contributed by atoms with E-state index < -0.39 is 12.6 Å². The van der Waals surface area contributed by atoms with E-state index in [1.807, 2.05) is 60.7 Å². The van der Waals surface area contributed by atoms with Crippen molar-refractivity contribution in [3.8, 4) is 28.1 Å². The Kier molecular flexibility index (Phi) is 4.97. The Bertz CT molecular complexity index is 1140. The van der Waals surface area contributed by atoms with Crippen LogP contribution in [-0.2, 0) is 6.42 Å². The van der Waals surface area contributed by atoms with Crippen LogP contribution in [-0.4, -0.2) is 18.3 Å². The van der Waals surface area contributed by atoms with Crippen molar-refractivity contribution in [2.75, 3.05) is 7.11 Å². The van der Waals surface area contributed by atoms with Crippen LogP contribution in [0.25, 0.3) is 33.2 Å². The van der Waals surface area contributed by atoms with E-state index in [-0.39, 0.29) is 5.69 Å². The Labute approximate surface area is 166 Å². The average Bonchev–Trinajstić information content (AvgIpc) is 2.73. The number of aromatic nitrogens is 1. The van der Waals surface area contributed by atoms with Gasteiger partial charge >= 0.3 is 6.18 Å². The van der Waals surface area contributed by atoms with Crippen molar-refractivity contribution < 1.29 is 17.9 Å². The van der Waals surface area contributed by atoms with Crippen LogP contribution >= 0.6 is 0 Å². The molecule has 4 aromatic rings. The molecule has 0 aliphatic carbocycles. The molecule has 1 aromatic heterocycles. The first-order valence-electron chi connectivity index (χ1n) is 9.14. The third kappa shape index (κ3) is 3.94. The second kappa shape index (κ2) is 7.59. The zero-order valence-corrected chi connectivity index (χ0v) is 15.7. The van der Waals surface area contributed by atoms with Crippen LogP contribution in [0.5, 0.6) is 5.75 Å². The van der Waals surface area contributed by atoms with Crippen LogP contribution in [0.3, 0.4) is 0 Å². The summed E-state index contributed by atoms with van der Waals surface area (Å²) in [7, 11) is 1.54. The molecule has 0 amide bonds. The molecule has 29 heavy (non-hydrogen) atoms. The van der Waals surface area contributed by atoms with E-state index in [1.165, 1.54) is 0 Å². The minimum Gasteiger partial charge on any atom is -0.497 e. The molecule has 0 atom stereocenters. The molecule has 0 saturated carbocycles. The van der Waals surface area contributed by atoms with E-state index in [0.717, 1.165) is 16.7 Å². The van der Waals surface area contributed by atoms with E-state index in [2.05, 4.69) is 4.98 Å². The third-order valence-electron chi connectivity index (χ3n) is 4.77. The van der Waals surface area contributed by atoms with Gasteiger partial charge in [0, 0.05) is 16.5 Å². The number of rotatable bonds is 4. The number of hydrogen-bond donors (Lipinski definition) is 0. The van der Waals surface area contributed by atoms with Crippen LogP contribution in [0.15, 0.2) is 78.9 Å². The van der Waals surface area contributed by atoms with E-state index >= 15 is 0 Å². The molecule has 0 fully saturated rings. The van der Waals surface area contributed by atoms with Gasteiger partial charge in [0.15, 0.2) is 0 Å². The number of nitrogens with zero attached hydrogens (tertiary/aromatic N) is 1. The molecule has 0 radical (unpaired) electrons. The summed E-state index contributed by atoms with van der Waals surface area (Å²) >= 11 is 0. The molecule has 0 N–H and O–H groups in total. The van der Waals surface area contributed by atoms with E-state index in [0.29, 0.717) is 22.2 Å². The molecule has 2 nitrogen and oxygen atoms in total. The lowest BCUT2D eigenvalue weighted by molar-refractivity contribution is -0.127. The highest BCUT2D eigenvalue weighted by Crippen LogP contribution is 2.40. The van der Waals surface area contributed by atoms with Gasteiger partial charge in [-0.05, 0) is 29.1 Å². The van der Waals surface area contributed by atoms with Gasteiger partial charge in [0.05, 0.1) is 24.9 Å². The molecule has 0 aliphatic heterocycles. The number of alkyl halides is 3. The molecule has 0 spiro atoms. The van der Waals surface area contributed by atoms with Gasteiger partial charge in [0.25, 0.3) is 0 Å². The Morgan fingerprint density at radius 1 is 0.793 bits per heavy atom. The highest BCUT2D eigenvalue weighted by Gasteiger charge is 2.30. The van der Waals surface area contributed by atoms with Gasteiger partial charge in [-0.15, -0.1) is 0 Å². The number of halogens is 3. The molecule has 0 bridgehead atoms. The zero-order valence-electron chi connectivity index (χ0n) is 15.7. The molecule has 0 unspecified atom stereocenters. The standard InChI is InChI=1S/C24H18F3NO/c1-29-18-12-13-19-20(14-18)22(16-8-4-2-5-9-16)23(17-10-6-3-7-11-17)28-21(19)15-24(25,26)27/h2-14H,15H2,1H3. The minimum absolute atomic E-state index is 0.00804. The minimum atomic E-state index is -4.36. The molecule has 1 heterocycles. The average molecular weight is 393 g/mol. The van der Waals surface area contributed by atoms with E-state index in [4.69, 9.17) is 4.74 Å². The number of ether oxygens (including phenoxy) is 1. The normalized spacial score (nSPS) is 11.6. The summed E-state index contributed by atoms with van der Waals surface area (Å²) in [5.41, 5.74) is 2.97. The van der Waals surface area contributed by atoms with Gasteiger partial charge in [-0.25, -0.2) is 0 Å². The van der Waals surface area contributed by atoms with Gasteiger partial charge in [-0.1, -0.05) is 60.7 Å². The molecule has 0 saturated heterocycles. The van der Waals surface area contributed by atoms with Crippen LogP contribution in [0.1, 0.15) is 5.69 Å². The van der Waals surface area contributed by atoms with Crippen LogP contribution in [0, 0.1) is 0 Å². The summed E-state index contributed by atoms with van der Waals surface area (Å²) in [5, 5.41) is 1.16. The third-order valence-corrected chi connectivity index (χ3v) is 4.77. The summed E-state index contributed by atoms with van der Waals surface area (Å²) in [6, 6.07) is 24.0. The maximum atomic E-state index is 13.3. The van der Waals surface area contributed by atoms with E-state index in [1.54, 1.807) is 25.3 Å². The lowest BCUT2D eigenvalue weighted by Gasteiger charge is -2.18. The van der Waals surface area contributed by atoms with Gasteiger partial charge in [-0.2, -0.15) is 13.2 Å². The van der Waals surface area contributed by atoms with Gasteiger partial charge in [0.1, 0.15) is 5.75 Å². The summed E-state index contributed by atoms with van der Waals surface area (Å²) in [4.78, 5) is 4.53. The van der Waals surface area contributed by atoms with E-state index in [9.17, 15) is 13.2 Å².